The molecule has 1 unspecified atom stereocenters. The second-order valence-electron chi connectivity index (χ2n) is 6.86. The summed E-state index contributed by atoms with van der Waals surface area (Å²) in [6.07, 6.45) is 1.92. The van der Waals surface area contributed by atoms with E-state index in [1.807, 2.05) is 49.3 Å². The lowest BCUT2D eigenvalue weighted by Gasteiger charge is -2.31. The van der Waals surface area contributed by atoms with Gasteiger partial charge in [-0.25, -0.2) is 0 Å². The minimum atomic E-state index is -0.581. The lowest BCUT2D eigenvalue weighted by molar-refractivity contribution is -0.120. The number of fused-ring (bicyclic) bond motifs is 1. The van der Waals surface area contributed by atoms with E-state index >= 15 is 0 Å². The van der Waals surface area contributed by atoms with Crippen molar-refractivity contribution in [1.29, 1.82) is 0 Å². The molecule has 3 rings (SSSR count). The summed E-state index contributed by atoms with van der Waals surface area (Å²) in [6, 6.07) is 14.7. The average Bonchev–Trinajstić information content (AvgIpc) is 2.66. The van der Waals surface area contributed by atoms with E-state index in [0.717, 1.165) is 24.2 Å². The van der Waals surface area contributed by atoms with Gasteiger partial charge in [-0.1, -0.05) is 18.2 Å². The summed E-state index contributed by atoms with van der Waals surface area (Å²) < 4.78 is 0. The molecule has 0 saturated heterocycles. The predicted molar refractivity (Wildman–Crippen MR) is 105 cm³/mol. The molecule has 1 N–H and O–H groups in total. The van der Waals surface area contributed by atoms with Crippen LogP contribution in [0.5, 0.6) is 0 Å². The molecule has 2 amide bonds. The molecule has 0 aliphatic carbocycles. The Hall–Kier alpha value is -2.82. The van der Waals surface area contributed by atoms with E-state index in [-0.39, 0.29) is 11.8 Å². The van der Waals surface area contributed by atoms with E-state index in [2.05, 4.69) is 11.4 Å². The van der Waals surface area contributed by atoms with E-state index < -0.39 is 6.04 Å². The zero-order chi connectivity index (χ0) is 18.7. The number of nitrogens with zero attached hydrogens (tertiary/aromatic N) is 2. The van der Waals surface area contributed by atoms with Gasteiger partial charge in [0.1, 0.15) is 6.04 Å². The standard InChI is InChI=1S/C21H25N3O2/c1-15(22-20(25)17-10-12-18(13-11-17)23(2)3)21(26)24-14-6-8-16-7-4-5-9-19(16)24/h4-5,7,9-13,15H,6,8,14H2,1-3H3,(H,22,25). The minimum Gasteiger partial charge on any atom is -0.378 e. The number of carbonyl (C=O) groups is 2. The van der Waals surface area contributed by atoms with Gasteiger partial charge < -0.3 is 15.1 Å². The Morgan fingerprint density at radius 2 is 1.77 bits per heavy atom. The molecule has 5 heteroatoms. The molecule has 1 aliphatic heterocycles. The molecule has 0 spiro atoms. The Balaban J connectivity index is 1.69. The van der Waals surface area contributed by atoms with Gasteiger partial charge >= 0.3 is 0 Å². The number of amides is 2. The number of rotatable bonds is 4. The van der Waals surface area contributed by atoms with Crippen LogP contribution in [0.2, 0.25) is 0 Å². The number of nitrogens with one attached hydrogen (secondary N) is 1. The fourth-order valence-electron chi connectivity index (χ4n) is 3.25. The van der Waals surface area contributed by atoms with E-state index in [9.17, 15) is 9.59 Å². The number of anilines is 2. The number of hydrogen-bond donors (Lipinski definition) is 1. The van der Waals surface area contributed by atoms with Crippen LogP contribution in [0.25, 0.3) is 0 Å². The number of carbonyl (C=O) groups excluding carboxylic acids is 2. The van der Waals surface area contributed by atoms with Gasteiger partial charge in [-0.05, 0) is 55.7 Å². The highest BCUT2D eigenvalue weighted by Gasteiger charge is 2.27. The van der Waals surface area contributed by atoms with Crippen LogP contribution in [-0.4, -0.2) is 38.5 Å². The molecule has 136 valence electrons. The Bertz CT molecular complexity index is 799. The van der Waals surface area contributed by atoms with E-state index in [4.69, 9.17) is 0 Å². The largest absolute Gasteiger partial charge is 0.378 e. The fourth-order valence-corrected chi connectivity index (χ4v) is 3.25. The molecule has 0 bridgehead atoms. The van der Waals surface area contributed by atoms with Gasteiger partial charge in [0.25, 0.3) is 5.91 Å². The zero-order valence-electron chi connectivity index (χ0n) is 15.5. The summed E-state index contributed by atoms with van der Waals surface area (Å²) in [5.74, 6) is -0.308. The first kappa shape index (κ1) is 18.0. The Morgan fingerprint density at radius 3 is 2.46 bits per heavy atom. The number of aryl methyl sites for hydroxylation is 1. The van der Waals surface area contributed by atoms with Gasteiger partial charge in [0, 0.05) is 37.6 Å². The first-order chi connectivity index (χ1) is 12.5. The SMILES string of the molecule is CC(NC(=O)c1ccc(N(C)C)cc1)C(=O)N1CCCc2ccccc21. The van der Waals surface area contributed by atoms with E-state index in [1.165, 1.54) is 5.56 Å². The average molecular weight is 351 g/mol. The molecule has 0 aromatic heterocycles. The summed E-state index contributed by atoms with van der Waals surface area (Å²) in [7, 11) is 3.90. The predicted octanol–water partition coefficient (Wildman–Crippen LogP) is 2.85. The Kier molecular flexibility index (Phi) is 5.26. The maximum absolute atomic E-state index is 12.9. The lowest BCUT2D eigenvalue weighted by Crippen LogP contribution is -2.48. The third-order valence-corrected chi connectivity index (χ3v) is 4.74. The first-order valence-corrected chi connectivity index (χ1v) is 8.95. The number of hydrogen-bond acceptors (Lipinski definition) is 3. The molecular formula is C21H25N3O2. The van der Waals surface area contributed by atoms with Crippen molar-refractivity contribution in [2.45, 2.75) is 25.8 Å². The highest BCUT2D eigenvalue weighted by Crippen LogP contribution is 2.27. The van der Waals surface area contributed by atoms with Gasteiger partial charge in [0.05, 0.1) is 0 Å². The maximum Gasteiger partial charge on any atom is 0.251 e. The summed E-state index contributed by atoms with van der Waals surface area (Å²) in [4.78, 5) is 29.1. The van der Waals surface area contributed by atoms with Crippen LogP contribution in [0.3, 0.4) is 0 Å². The second-order valence-corrected chi connectivity index (χ2v) is 6.86. The Labute approximate surface area is 154 Å². The second kappa shape index (κ2) is 7.60. The maximum atomic E-state index is 12.9. The molecule has 5 nitrogen and oxygen atoms in total. The van der Waals surface area contributed by atoms with Crippen LogP contribution in [0.1, 0.15) is 29.3 Å². The van der Waals surface area contributed by atoms with Crippen LogP contribution in [0.15, 0.2) is 48.5 Å². The van der Waals surface area contributed by atoms with Crippen LogP contribution in [0, 0.1) is 0 Å². The van der Waals surface area contributed by atoms with E-state index in [0.29, 0.717) is 12.1 Å². The monoisotopic (exact) mass is 351 g/mol. The van der Waals surface area contributed by atoms with Crippen molar-refractivity contribution in [2.75, 3.05) is 30.4 Å². The third-order valence-electron chi connectivity index (χ3n) is 4.74. The van der Waals surface area contributed by atoms with Crippen molar-refractivity contribution in [3.8, 4) is 0 Å². The summed E-state index contributed by atoms with van der Waals surface area (Å²) in [5.41, 5.74) is 3.72. The molecule has 1 heterocycles. The number of benzene rings is 2. The number of para-hydroxylation sites is 1. The Morgan fingerprint density at radius 1 is 1.08 bits per heavy atom. The molecule has 1 aliphatic rings. The molecule has 2 aromatic carbocycles. The summed E-state index contributed by atoms with van der Waals surface area (Å²) >= 11 is 0. The highest BCUT2D eigenvalue weighted by atomic mass is 16.2. The van der Waals surface area contributed by atoms with Gasteiger partial charge in [0.2, 0.25) is 5.91 Å². The fraction of sp³-hybridized carbons (Fsp3) is 0.333. The molecule has 0 fully saturated rings. The van der Waals surface area contributed by atoms with Gasteiger partial charge in [-0.3, -0.25) is 9.59 Å². The van der Waals surface area contributed by atoms with Crippen LogP contribution < -0.4 is 15.1 Å². The van der Waals surface area contributed by atoms with Crippen LogP contribution in [0.4, 0.5) is 11.4 Å². The van der Waals surface area contributed by atoms with Gasteiger partial charge in [0.15, 0.2) is 0 Å². The molecule has 26 heavy (non-hydrogen) atoms. The molecule has 2 aromatic rings. The molecule has 1 atom stereocenters. The van der Waals surface area contributed by atoms with Crippen molar-refractivity contribution in [2.24, 2.45) is 0 Å². The highest BCUT2D eigenvalue weighted by molar-refractivity contribution is 6.02. The normalized spacial score (nSPS) is 14.3. The van der Waals surface area contributed by atoms with Crippen LogP contribution in [-0.2, 0) is 11.2 Å². The minimum absolute atomic E-state index is 0.0737. The van der Waals surface area contributed by atoms with Gasteiger partial charge in [-0.2, -0.15) is 0 Å². The molecule has 0 radical (unpaired) electrons. The van der Waals surface area contributed by atoms with Crippen molar-refractivity contribution in [3.63, 3.8) is 0 Å². The first-order valence-electron chi connectivity index (χ1n) is 8.95. The quantitative estimate of drug-likeness (QED) is 0.922. The smallest absolute Gasteiger partial charge is 0.251 e. The van der Waals surface area contributed by atoms with Crippen molar-refractivity contribution >= 4 is 23.2 Å². The van der Waals surface area contributed by atoms with Crippen molar-refractivity contribution in [1.82, 2.24) is 5.32 Å². The zero-order valence-corrected chi connectivity index (χ0v) is 15.5. The summed E-state index contributed by atoms with van der Waals surface area (Å²) in [6.45, 7) is 2.43. The third kappa shape index (κ3) is 3.72. The van der Waals surface area contributed by atoms with Crippen LogP contribution >= 0.6 is 0 Å². The van der Waals surface area contributed by atoms with Gasteiger partial charge in [-0.15, -0.1) is 0 Å². The van der Waals surface area contributed by atoms with Crippen molar-refractivity contribution < 1.29 is 9.59 Å². The molecular weight excluding hydrogens is 326 g/mol. The lowest BCUT2D eigenvalue weighted by atomic mass is 10.0. The molecule has 0 saturated carbocycles. The topological polar surface area (TPSA) is 52.7 Å². The van der Waals surface area contributed by atoms with E-state index in [1.54, 1.807) is 24.0 Å². The van der Waals surface area contributed by atoms with Crippen molar-refractivity contribution in [3.05, 3.63) is 59.7 Å². The summed E-state index contributed by atoms with van der Waals surface area (Å²) in [5, 5.41) is 2.83.